The van der Waals surface area contributed by atoms with E-state index in [1.165, 1.54) is 25.9 Å². The first-order valence-electron chi connectivity index (χ1n) is 8.18. The molecule has 120 valence electrons. The van der Waals surface area contributed by atoms with Gasteiger partial charge in [-0.3, -0.25) is 0 Å². The van der Waals surface area contributed by atoms with Crippen molar-refractivity contribution in [3.63, 3.8) is 0 Å². The Morgan fingerprint density at radius 2 is 1.96 bits per heavy atom. The summed E-state index contributed by atoms with van der Waals surface area (Å²) in [5, 5.41) is 10.2. The number of carbonyl (C=O) groups excluding carboxylic acids is 1. The van der Waals surface area contributed by atoms with Crippen LogP contribution in [-0.2, 0) is 0 Å². The molecule has 0 spiro atoms. The highest BCUT2D eigenvalue weighted by Gasteiger charge is 2.34. The fourth-order valence-electron chi connectivity index (χ4n) is 3.58. The van der Waals surface area contributed by atoms with Gasteiger partial charge >= 0.3 is 6.03 Å². The Balaban J connectivity index is 1.35. The molecule has 0 unspecified atom stereocenters. The Hall–Kier alpha value is -2.34. The van der Waals surface area contributed by atoms with Crippen molar-refractivity contribution in [3.05, 3.63) is 42.7 Å². The Morgan fingerprint density at radius 1 is 1.17 bits per heavy atom. The quantitative estimate of drug-likeness (QED) is 0.912. The zero-order chi connectivity index (χ0) is 15.6. The van der Waals surface area contributed by atoms with E-state index in [1.54, 1.807) is 10.9 Å². The highest BCUT2D eigenvalue weighted by molar-refractivity contribution is 5.89. The molecule has 3 fully saturated rings. The van der Waals surface area contributed by atoms with Crippen LogP contribution in [0.3, 0.4) is 0 Å². The van der Waals surface area contributed by atoms with Gasteiger partial charge in [0, 0.05) is 30.7 Å². The largest absolute Gasteiger partial charge is 0.334 e. The van der Waals surface area contributed by atoms with Crippen LogP contribution < -0.4 is 10.6 Å². The van der Waals surface area contributed by atoms with E-state index in [9.17, 15) is 4.79 Å². The number of nitrogens with zero attached hydrogens (tertiary/aromatic N) is 3. The molecule has 23 heavy (non-hydrogen) atoms. The highest BCUT2D eigenvalue weighted by atomic mass is 16.2. The number of carbonyl (C=O) groups is 1. The van der Waals surface area contributed by atoms with E-state index >= 15 is 0 Å². The minimum absolute atomic E-state index is 0.115. The number of piperidine rings is 3. The summed E-state index contributed by atoms with van der Waals surface area (Å²) in [7, 11) is 0. The highest BCUT2D eigenvalue weighted by Crippen LogP contribution is 2.27. The summed E-state index contributed by atoms with van der Waals surface area (Å²) in [6, 6.07) is 9.72. The summed E-state index contributed by atoms with van der Waals surface area (Å²) in [6.07, 6.45) is 6.03. The molecule has 0 aliphatic carbocycles. The van der Waals surface area contributed by atoms with Crippen molar-refractivity contribution >= 4 is 11.7 Å². The lowest BCUT2D eigenvalue weighted by molar-refractivity contribution is 0.0777. The van der Waals surface area contributed by atoms with Crippen molar-refractivity contribution in [2.75, 3.05) is 25.0 Å². The molecule has 2 bridgehead atoms. The van der Waals surface area contributed by atoms with Crippen LogP contribution in [0.25, 0.3) is 5.69 Å². The SMILES string of the molecule is O=C(Nc1ccc(-n2cccn2)cc1)N[C@H]1CN2CCC1CC2. The molecule has 3 saturated heterocycles. The van der Waals surface area contributed by atoms with E-state index in [0.29, 0.717) is 5.92 Å². The van der Waals surface area contributed by atoms with Gasteiger partial charge in [0.2, 0.25) is 0 Å². The molecule has 1 aromatic carbocycles. The number of urea groups is 1. The van der Waals surface area contributed by atoms with Crippen LogP contribution in [0, 0.1) is 5.92 Å². The van der Waals surface area contributed by atoms with Gasteiger partial charge in [0.15, 0.2) is 0 Å². The van der Waals surface area contributed by atoms with Crippen molar-refractivity contribution in [2.45, 2.75) is 18.9 Å². The maximum Gasteiger partial charge on any atom is 0.319 e. The van der Waals surface area contributed by atoms with Crippen LogP contribution in [-0.4, -0.2) is 46.4 Å². The zero-order valence-corrected chi connectivity index (χ0v) is 13.0. The molecule has 1 aromatic heterocycles. The van der Waals surface area contributed by atoms with E-state index in [0.717, 1.165) is 17.9 Å². The average Bonchev–Trinajstić information content (AvgIpc) is 3.11. The lowest BCUT2D eigenvalue weighted by Crippen LogP contribution is -2.57. The number of rotatable bonds is 3. The van der Waals surface area contributed by atoms with Gasteiger partial charge < -0.3 is 15.5 Å². The van der Waals surface area contributed by atoms with Crippen LogP contribution in [0.15, 0.2) is 42.7 Å². The second-order valence-corrected chi connectivity index (χ2v) is 6.34. The number of anilines is 1. The van der Waals surface area contributed by atoms with E-state index < -0.39 is 0 Å². The standard InChI is InChI=1S/C17H21N5O/c23-17(20-16-12-21-10-6-13(16)7-11-21)19-14-2-4-15(5-3-14)22-9-1-8-18-22/h1-5,8-9,13,16H,6-7,10-12H2,(H2,19,20,23)/t16-/m0/s1. The van der Waals surface area contributed by atoms with Crippen LogP contribution >= 0.6 is 0 Å². The minimum atomic E-state index is -0.115. The summed E-state index contributed by atoms with van der Waals surface area (Å²) in [5.74, 6) is 0.632. The van der Waals surface area contributed by atoms with Crippen LogP contribution in [0.2, 0.25) is 0 Å². The molecule has 6 nitrogen and oxygen atoms in total. The molecular formula is C17H21N5O. The molecule has 2 aromatic rings. The Kier molecular flexibility index (Phi) is 3.75. The fraction of sp³-hybridized carbons (Fsp3) is 0.412. The third-order valence-electron chi connectivity index (χ3n) is 4.87. The first-order chi connectivity index (χ1) is 11.3. The van der Waals surface area contributed by atoms with E-state index in [4.69, 9.17) is 0 Å². The van der Waals surface area contributed by atoms with E-state index in [-0.39, 0.29) is 12.1 Å². The van der Waals surface area contributed by atoms with Gasteiger partial charge in [-0.05, 0) is 62.2 Å². The number of benzene rings is 1. The lowest BCUT2D eigenvalue weighted by atomic mass is 9.84. The van der Waals surface area contributed by atoms with E-state index in [2.05, 4.69) is 20.6 Å². The number of nitrogens with one attached hydrogen (secondary N) is 2. The maximum atomic E-state index is 12.2. The van der Waals surface area contributed by atoms with Gasteiger partial charge in [-0.1, -0.05) is 0 Å². The predicted octanol–water partition coefficient (Wildman–Crippen LogP) is 2.09. The van der Waals surface area contributed by atoms with E-state index in [1.807, 2.05) is 36.5 Å². The number of amides is 2. The summed E-state index contributed by atoms with van der Waals surface area (Å²) >= 11 is 0. The van der Waals surface area contributed by atoms with Crippen LogP contribution in [0.4, 0.5) is 10.5 Å². The summed E-state index contributed by atoms with van der Waals surface area (Å²) < 4.78 is 1.79. The molecule has 3 aliphatic rings. The molecule has 2 amide bonds. The van der Waals surface area contributed by atoms with Gasteiger partial charge in [-0.15, -0.1) is 0 Å². The molecule has 1 atom stereocenters. The third-order valence-corrected chi connectivity index (χ3v) is 4.87. The summed E-state index contributed by atoms with van der Waals surface area (Å²) in [4.78, 5) is 14.6. The van der Waals surface area contributed by atoms with Gasteiger partial charge in [-0.2, -0.15) is 5.10 Å². The topological polar surface area (TPSA) is 62.2 Å². The molecule has 2 N–H and O–H groups in total. The number of hydrogen-bond acceptors (Lipinski definition) is 3. The van der Waals surface area contributed by atoms with Crippen molar-refractivity contribution in [1.82, 2.24) is 20.0 Å². The van der Waals surface area contributed by atoms with Crippen LogP contribution in [0.5, 0.6) is 0 Å². The molecule has 6 heteroatoms. The normalized spacial score (nSPS) is 26.0. The Bertz CT molecular complexity index is 659. The van der Waals surface area contributed by atoms with Gasteiger partial charge in [0.1, 0.15) is 0 Å². The molecule has 4 heterocycles. The monoisotopic (exact) mass is 311 g/mol. The van der Waals surface area contributed by atoms with Crippen molar-refractivity contribution in [3.8, 4) is 5.69 Å². The van der Waals surface area contributed by atoms with Crippen molar-refractivity contribution in [2.24, 2.45) is 5.92 Å². The average molecular weight is 311 g/mol. The minimum Gasteiger partial charge on any atom is -0.334 e. The first kappa shape index (κ1) is 14.3. The fourth-order valence-corrected chi connectivity index (χ4v) is 3.58. The second-order valence-electron chi connectivity index (χ2n) is 6.34. The van der Waals surface area contributed by atoms with Crippen molar-refractivity contribution in [1.29, 1.82) is 0 Å². The zero-order valence-electron chi connectivity index (χ0n) is 13.0. The maximum absolute atomic E-state index is 12.2. The molecular weight excluding hydrogens is 290 g/mol. The van der Waals surface area contributed by atoms with Gasteiger partial charge in [0.05, 0.1) is 5.69 Å². The smallest absolute Gasteiger partial charge is 0.319 e. The Morgan fingerprint density at radius 3 is 2.57 bits per heavy atom. The van der Waals surface area contributed by atoms with Gasteiger partial charge in [0.25, 0.3) is 0 Å². The van der Waals surface area contributed by atoms with Crippen LogP contribution in [0.1, 0.15) is 12.8 Å². The van der Waals surface area contributed by atoms with Gasteiger partial charge in [-0.25, -0.2) is 9.48 Å². The molecule has 3 aliphatic heterocycles. The lowest BCUT2D eigenvalue weighted by Gasteiger charge is -2.44. The number of fused-ring (bicyclic) bond motifs is 3. The third kappa shape index (κ3) is 3.07. The number of aromatic nitrogens is 2. The van der Waals surface area contributed by atoms with Crippen molar-refractivity contribution < 1.29 is 4.79 Å². The molecule has 0 radical (unpaired) electrons. The second kappa shape index (κ2) is 6.04. The summed E-state index contributed by atoms with van der Waals surface area (Å²) in [6.45, 7) is 3.34. The molecule has 0 saturated carbocycles. The first-order valence-corrected chi connectivity index (χ1v) is 8.18. The molecule has 5 rings (SSSR count). The summed E-state index contributed by atoms with van der Waals surface area (Å²) in [5.41, 5.74) is 1.76. The predicted molar refractivity (Wildman–Crippen MR) is 88.7 cm³/mol. The Labute approximate surface area is 135 Å². The number of hydrogen-bond donors (Lipinski definition) is 2.